The lowest BCUT2D eigenvalue weighted by Crippen LogP contribution is -2.18. The summed E-state index contributed by atoms with van der Waals surface area (Å²) in [7, 11) is 1.29. The summed E-state index contributed by atoms with van der Waals surface area (Å²) >= 11 is 0. The lowest BCUT2D eigenvalue weighted by Gasteiger charge is -2.22. The number of hydrogen-bond donors (Lipinski definition) is 0. The predicted molar refractivity (Wildman–Crippen MR) is 103 cm³/mol. The molecule has 0 fully saturated rings. The van der Waals surface area contributed by atoms with Crippen molar-refractivity contribution in [3.05, 3.63) is 82.2 Å². The number of hydrogen-bond acceptors (Lipinski definition) is 4. The number of aryl methyl sites for hydroxylation is 2. The van der Waals surface area contributed by atoms with Crippen LogP contribution >= 0.6 is 0 Å². The van der Waals surface area contributed by atoms with E-state index in [1.54, 1.807) is 13.0 Å². The van der Waals surface area contributed by atoms with E-state index in [9.17, 15) is 9.59 Å². The highest BCUT2D eigenvalue weighted by molar-refractivity contribution is 6.30. The molecule has 2 aromatic rings. The normalized spacial score (nSPS) is 15.8. The molecule has 132 valence electrons. The van der Waals surface area contributed by atoms with Crippen molar-refractivity contribution in [1.29, 1.82) is 0 Å². The minimum absolute atomic E-state index is 0.0768. The molecule has 0 aliphatic carbocycles. The summed E-state index contributed by atoms with van der Waals surface area (Å²) in [6.45, 7) is 5.83. The highest BCUT2D eigenvalue weighted by atomic mass is 16.5. The highest BCUT2D eigenvalue weighted by Gasteiger charge is 2.38. The first-order valence-corrected chi connectivity index (χ1v) is 8.42. The van der Waals surface area contributed by atoms with E-state index in [-0.39, 0.29) is 11.4 Å². The monoisotopic (exact) mass is 347 g/mol. The maximum absolute atomic E-state index is 13.0. The van der Waals surface area contributed by atoms with Crippen LogP contribution in [0.25, 0.3) is 6.08 Å². The van der Waals surface area contributed by atoms with Crippen LogP contribution < -0.4 is 4.90 Å². The third-order valence-corrected chi connectivity index (χ3v) is 4.64. The number of methoxy groups -OCH3 is 1. The second-order valence-electron chi connectivity index (χ2n) is 6.33. The number of carbonyl (C=O) groups excluding carboxylic acids is 2. The fraction of sp³-hybridized carbons (Fsp3) is 0.182. The molecule has 0 bridgehead atoms. The summed E-state index contributed by atoms with van der Waals surface area (Å²) in [5, 5.41) is 0. The molecule has 0 aromatic heterocycles. The first kappa shape index (κ1) is 17.7. The van der Waals surface area contributed by atoms with E-state index < -0.39 is 5.97 Å². The fourth-order valence-corrected chi connectivity index (χ4v) is 3.06. The minimum atomic E-state index is -0.613. The summed E-state index contributed by atoms with van der Waals surface area (Å²) in [6.07, 6.45) is 1.80. The van der Waals surface area contributed by atoms with Crippen LogP contribution in [0.5, 0.6) is 0 Å². The first-order chi connectivity index (χ1) is 12.4. The number of Topliss-reactive ketones (excluding diaryl/α,β-unsaturated/α-hetero) is 1. The Labute approximate surface area is 153 Å². The van der Waals surface area contributed by atoms with E-state index in [0.717, 1.165) is 16.8 Å². The molecule has 1 aliphatic rings. The van der Waals surface area contributed by atoms with Crippen LogP contribution in [0.4, 0.5) is 5.69 Å². The number of carbonyl (C=O) groups is 2. The number of benzene rings is 2. The molecule has 2 aromatic carbocycles. The number of esters is 1. The van der Waals surface area contributed by atoms with Gasteiger partial charge in [0.05, 0.1) is 12.8 Å². The number of anilines is 1. The summed E-state index contributed by atoms with van der Waals surface area (Å²) in [5.41, 5.74) is 5.12. The summed E-state index contributed by atoms with van der Waals surface area (Å²) in [4.78, 5) is 27.0. The van der Waals surface area contributed by atoms with Gasteiger partial charge >= 0.3 is 5.97 Å². The standard InChI is InChI=1S/C22H21NO3/c1-14-10-11-18(12-15(14)2)23-16(3)20(22(25)26-4)21(24)19(23)13-17-8-6-5-7-9-17/h5-13H,1-4H3/b19-13+. The molecule has 0 unspecified atom stereocenters. The molecular formula is C22H21NO3. The van der Waals surface area contributed by atoms with Crippen LogP contribution in [-0.4, -0.2) is 18.9 Å². The third-order valence-electron chi connectivity index (χ3n) is 4.64. The van der Waals surface area contributed by atoms with Gasteiger partial charge in [-0.05, 0) is 55.7 Å². The zero-order valence-electron chi connectivity index (χ0n) is 15.4. The van der Waals surface area contributed by atoms with Gasteiger partial charge in [-0.15, -0.1) is 0 Å². The van der Waals surface area contributed by atoms with Crippen LogP contribution in [0, 0.1) is 13.8 Å². The maximum atomic E-state index is 13.0. The zero-order valence-corrected chi connectivity index (χ0v) is 15.4. The number of nitrogens with zero attached hydrogens (tertiary/aromatic N) is 1. The van der Waals surface area contributed by atoms with E-state index >= 15 is 0 Å². The Balaban J connectivity index is 2.18. The second kappa shape index (κ2) is 7.00. The third kappa shape index (κ3) is 3.06. The Hall–Kier alpha value is -3.14. The average Bonchev–Trinajstić information content (AvgIpc) is 2.88. The largest absolute Gasteiger partial charge is 0.465 e. The van der Waals surface area contributed by atoms with E-state index in [1.807, 2.05) is 67.3 Å². The van der Waals surface area contributed by atoms with Crippen LogP contribution in [-0.2, 0) is 14.3 Å². The molecule has 0 radical (unpaired) electrons. The Morgan fingerprint density at radius 1 is 1.00 bits per heavy atom. The second-order valence-corrected chi connectivity index (χ2v) is 6.33. The van der Waals surface area contributed by atoms with Crippen molar-refractivity contribution in [2.45, 2.75) is 20.8 Å². The van der Waals surface area contributed by atoms with Crippen LogP contribution in [0.2, 0.25) is 0 Å². The van der Waals surface area contributed by atoms with Crippen molar-refractivity contribution in [3.8, 4) is 0 Å². The van der Waals surface area contributed by atoms with Crippen LogP contribution in [0.3, 0.4) is 0 Å². The van der Waals surface area contributed by atoms with Crippen molar-refractivity contribution < 1.29 is 14.3 Å². The molecule has 1 heterocycles. The molecule has 0 amide bonds. The van der Waals surface area contributed by atoms with Gasteiger partial charge in [0.1, 0.15) is 5.57 Å². The van der Waals surface area contributed by atoms with Gasteiger partial charge in [-0.2, -0.15) is 0 Å². The van der Waals surface area contributed by atoms with Gasteiger partial charge in [0.25, 0.3) is 0 Å². The van der Waals surface area contributed by atoms with Crippen molar-refractivity contribution in [2.24, 2.45) is 0 Å². The number of allylic oxidation sites excluding steroid dienone is 2. The lowest BCUT2D eigenvalue weighted by molar-refractivity contribution is -0.137. The smallest absolute Gasteiger partial charge is 0.343 e. The lowest BCUT2D eigenvalue weighted by atomic mass is 10.1. The minimum Gasteiger partial charge on any atom is -0.465 e. The molecule has 0 saturated heterocycles. The molecular weight excluding hydrogens is 326 g/mol. The maximum Gasteiger partial charge on any atom is 0.343 e. The Kier molecular flexibility index (Phi) is 4.76. The average molecular weight is 347 g/mol. The summed E-state index contributed by atoms with van der Waals surface area (Å²) < 4.78 is 4.83. The van der Waals surface area contributed by atoms with Gasteiger partial charge < -0.3 is 9.64 Å². The fourth-order valence-electron chi connectivity index (χ4n) is 3.06. The Bertz CT molecular complexity index is 939. The summed E-state index contributed by atoms with van der Waals surface area (Å²) in [5.74, 6) is -0.936. The first-order valence-electron chi connectivity index (χ1n) is 8.42. The topological polar surface area (TPSA) is 46.6 Å². The Morgan fingerprint density at radius 3 is 2.31 bits per heavy atom. The molecule has 1 aliphatic heterocycles. The predicted octanol–water partition coefficient (Wildman–Crippen LogP) is 4.18. The molecule has 26 heavy (non-hydrogen) atoms. The Morgan fingerprint density at radius 2 is 1.69 bits per heavy atom. The quantitative estimate of drug-likeness (QED) is 0.475. The van der Waals surface area contributed by atoms with Gasteiger partial charge in [0.15, 0.2) is 0 Å². The van der Waals surface area contributed by atoms with Crippen LogP contribution in [0.15, 0.2) is 65.5 Å². The van der Waals surface area contributed by atoms with Gasteiger partial charge in [-0.25, -0.2) is 4.79 Å². The van der Waals surface area contributed by atoms with E-state index in [1.165, 1.54) is 12.7 Å². The highest BCUT2D eigenvalue weighted by Crippen LogP contribution is 2.36. The number of ether oxygens (including phenoxy) is 1. The van der Waals surface area contributed by atoms with Gasteiger partial charge in [0, 0.05) is 11.4 Å². The van der Waals surface area contributed by atoms with E-state index in [4.69, 9.17) is 4.74 Å². The van der Waals surface area contributed by atoms with Crippen molar-refractivity contribution >= 4 is 23.5 Å². The molecule has 0 N–H and O–H groups in total. The van der Waals surface area contributed by atoms with Crippen LogP contribution in [0.1, 0.15) is 23.6 Å². The van der Waals surface area contributed by atoms with Gasteiger partial charge in [0.2, 0.25) is 5.78 Å². The number of ketones is 1. The SMILES string of the molecule is COC(=O)C1=C(C)N(c2ccc(C)c(C)c2)/C(=C/c2ccccc2)C1=O. The van der Waals surface area contributed by atoms with E-state index in [0.29, 0.717) is 11.4 Å². The van der Waals surface area contributed by atoms with Gasteiger partial charge in [-0.1, -0.05) is 36.4 Å². The molecule has 3 rings (SSSR count). The summed E-state index contributed by atoms with van der Waals surface area (Å²) in [6, 6.07) is 15.6. The molecule has 4 heteroatoms. The molecule has 0 saturated carbocycles. The van der Waals surface area contributed by atoms with E-state index in [2.05, 4.69) is 0 Å². The molecule has 4 nitrogen and oxygen atoms in total. The van der Waals surface area contributed by atoms with Gasteiger partial charge in [-0.3, -0.25) is 4.79 Å². The zero-order chi connectivity index (χ0) is 18.8. The molecule has 0 spiro atoms. The van der Waals surface area contributed by atoms with Crippen molar-refractivity contribution in [1.82, 2.24) is 0 Å². The molecule has 0 atom stereocenters. The van der Waals surface area contributed by atoms with Crippen molar-refractivity contribution in [3.63, 3.8) is 0 Å². The van der Waals surface area contributed by atoms with Crippen molar-refractivity contribution in [2.75, 3.05) is 12.0 Å². The number of rotatable bonds is 3.